The van der Waals surface area contributed by atoms with Crippen molar-refractivity contribution < 1.29 is 20.4 Å². The molecule has 2 atom stereocenters. The number of hydrogen-bond acceptors (Lipinski definition) is 4. The Balaban J connectivity index is 2.10. The fourth-order valence-corrected chi connectivity index (χ4v) is 9.99. The Bertz CT molecular complexity index is 623. The van der Waals surface area contributed by atoms with Crippen LogP contribution < -0.4 is 0 Å². The Kier molecular flexibility index (Phi) is 25.7. The van der Waals surface area contributed by atoms with Gasteiger partial charge in [0.2, 0.25) is 0 Å². The molecule has 2 unspecified atom stereocenters. The van der Waals surface area contributed by atoms with Crippen molar-refractivity contribution in [2.75, 3.05) is 26.4 Å². The summed E-state index contributed by atoms with van der Waals surface area (Å²) in [5.41, 5.74) is 0.977. The third-order valence-electron chi connectivity index (χ3n) is 12.6. The second kappa shape index (κ2) is 28.3. The standard InChI is InChI=1S/C43H82O4/c44-35-25-17-9-1-5-13-21-31-42(32-22-14-6-2-10-18-26-36-45)40-29-30-41(39-40)43(42,33-23-15-7-3-11-19-27-37-46)34-24-16-8-4-12-20-28-38-47/h29-30,40-41,44-47H,1-28,31-39H2. The molecule has 2 bridgehead atoms. The minimum atomic E-state index is 0.344. The summed E-state index contributed by atoms with van der Waals surface area (Å²) in [4.78, 5) is 0. The van der Waals surface area contributed by atoms with E-state index in [1.165, 1.54) is 186 Å². The fraction of sp³-hybridized carbons (Fsp3) is 0.953. The highest BCUT2D eigenvalue weighted by Gasteiger charge is 2.63. The molecule has 0 saturated heterocycles. The Morgan fingerprint density at radius 3 is 0.702 bits per heavy atom. The van der Waals surface area contributed by atoms with Crippen molar-refractivity contribution in [1.29, 1.82) is 0 Å². The molecule has 0 spiro atoms. The number of unbranched alkanes of at least 4 members (excludes halogenated alkanes) is 24. The molecule has 2 rings (SSSR count). The van der Waals surface area contributed by atoms with Crippen LogP contribution >= 0.6 is 0 Å². The van der Waals surface area contributed by atoms with Gasteiger partial charge in [-0.2, -0.15) is 0 Å². The molecule has 4 N–H and O–H groups in total. The van der Waals surface area contributed by atoms with E-state index in [1.54, 1.807) is 0 Å². The van der Waals surface area contributed by atoms with Crippen molar-refractivity contribution in [1.82, 2.24) is 0 Å². The van der Waals surface area contributed by atoms with Crippen LogP contribution in [-0.2, 0) is 0 Å². The number of fused-ring (bicyclic) bond motifs is 2. The molecule has 47 heavy (non-hydrogen) atoms. The molecule has 1 saturated carbocycles. The SMILES string of the molecule is OCCCCCCCCCC1(CCCCCCCCCO)C2C=CC(C2)C1(CCCCCCCCCO)CCCCCCCCCO. The number of aliphatic hydroxyl groups excluding tert-OH is 4. The van der Waals surface area contributed by atoms with Crippen molar-refractivity contribution >= 4 is 0 Å². The molecule has 1 fully saturated rings. The Hall–Kier alpha value is -0.420. The molecular weight excluding hydrogens is 580 g/mol. The maximum absolute atomic E-state index is 9.15. The van der Waals surface area contributed by atoms with Crippen LogP contribution in [-0.4, -0.2) is 46.9 Å². The van der Waals surface area contributed by atoms with E-state index in [9.17, 15) is 0 Å². The average molecular weight is 663 g/mol. The maximum atomic E-state index is 9.15. The molecule has 4 nitrogen and oxygen atoms in total. The van der Waals surface area contributed by atoms with E-state index in [0.29, 0.717) is 37.3 Å². The maximum Gasteiger partial charge on any atom is 0.0431 e. The normalized spacial score (nSPS) is 19.3. The summed E-state index contributed by atoms with van der Waals surface area (Å²) in [5.74, 6) is 1.58. The van der Waals surface area contributed by atoms with Crippen molar-refractivity contribution in [3.8, 4) is 0 Å². The predicted octanol–water partition coefficient (Wildman–Crippen LogP) is 11.6. The van der Waals surface area contributed by atoms with Gasteiger partial charge in [-0.1, -0.05) is 166 Å². The molecule has 0 aromatic rings. The Morgan fingerprint density at radius 1 is 0.298 bits per heavy atom. The highest BCUT2D eigenvalue weighted by Crippen LogP contribution is 2.71. The lowest BCUT2D eigenvalue weighted by atomic mass is 9.51. The topological polar surface area (TPSA) is 80.9 Å². The highest BCUT2D eigenvalue weighted by atomic mass is 16.3. The van der Waals surface area contributed by atoms with Crippen molar-refractivity contribution in [2.45, 2.75) is 212 Å². The fourth-order valence-electron chi connectivity index (χ4n) is 9.99. The molecule has 2 aliphatic carbocycles. The van der Waals surface area contributed by atoms with Gasteiger partial charge in [-0.05, 0) is 80.5 Å². The third kappa shape index (κ3) is 16.0. The molecule has 0 aromatic heterocycles. The van der Waals surface area contributed by atoms with E-state index in [0.717, 1.165) is 37.5 Å². The van der Waals surface area contributed by atoms with Crippen LogP contribution in [0.25, 0.3) is 0 Å². The lowest BCUT2D eigenvalue weighted by Crippen LogP contribution is -2.45. The molecule has 0 aliphatic heterocycles. The van der Waals surface area contributed by atoms with Gasteiger partial charge in [0.25, 0.3) is 0 Å². The third-order valence-corrected chi connectivity index (χ3v) is 12.6. The van der Waals surface area contributed by atoms with E-state index in [1.807, 2.05) is 0 Å². The summed E-state index contributed by atoms with van der Waals surface area (Å²) in [6, 6.07) is 0. The summed E-state index contributed by atoms with van der Waals surface area (Å²) >= 11 is 0. The monoisotopic (exact) mass is 663 g/mol. The molecule has 0 radical (unpaired) electrons. The average Bonchev–Trinajstić information content (AvgIpc) is 3.67. The molecule has 278 valence electrons. The van der Waals surface area contributed by atoms with Crippen LogP contribution in [0.15, 0.2) is 12.2 Å². The van der Waals surface area contributed by atoms with Crippen LogP contribution in [0.5, 0.6) is 0 Å². The second-order valence-electron chi connectivity index (χ2n) is 15.9. The van der Waals surface area contributed by atoms with Gasteiger partial charge in [0.05, 0.1) is 0 Å². The Labute approximate surface area is 293 Å². The molecule has 0 amide bonds. The summed E-state index contributed by atoms with van der Waals surface area (Å²) in [7, 11) is 0. The number of allylic oxidation sites excluding steroid dienone is 2. The van der Waals surface area contributed by atoms with Crippen LogP contribution in [0.4, 0.5) is 0 Å². The van der Waals surface area contributed by atoms with Crippen LogP contribution in [0, 0.1) is 22.7 Å². The van der Waals surface area contributed by atoms with Gasteiger partial charge >= 0.3 is 0 Å². The van der Waals surface area contributed by atoms with Gasteiger partial charge in [0.1, 0.15) is 0 Å². The van der Waals surface area contributed by atoms with Gasteiger partial charge < -0.3 is 20.4 Å². The van der Waals surface area contributed by atoms with Crippen LogP contribution in [0.2, 0.25) is 0 Å². The Morgan fingerprint density at radius 2 is 0.489 bits per heavy atom. The van der Waals surface area contributed by atoms with Crippen molar-refractivity contribution in [3.05, 3.63) is 12.2 Å². The molecule has 4 heteroatoms. The minimum absolute atomic E-state index is 0.344. The zero-order chi connectivity index (χ0) is 33.7. The number of rotatable bonds is 36. The first-order valence-corrected chi connectivity index (χ1v) is 21.3. The zero-order valence-corrected chi connectivity index (χ0v) is 31.3. The van der Waals surface area contributed by atoms with E-state index >= 15 is 0 Å². The highest BCUT2D eigenvalue weighted by molar-refractivity contribution is 5.24. The summed E-state index contributed by atoms with van der Waals surface area (Å²) < 4.78 is 0. The smallest absolute Gasteiger partial charge is 0.0431 e. The summed E-state index contributed by atoms with van der Waals surface area (Å²) in [6.07, 6.45) is 48.1. The van der Waals surface area contributed by atoms with E-state index in [-0.39, 0.29) is 0 Å². The van der Waals surface area contributed by atoms with Gasteiger partial charge in [-0.25, -0.2) is 0 Å². The van der Waals surface area contributed by atoms with Crippen LogP contribution in [0.1, 0.15) is 212 Å². The minimum Gasteiger partial charge on any atom is -0.396 e. The molecule has 2 aliphatic rings. The number of hydrogen-bond donors (Lipinski definition) is 4. The van der Waals surface area contributed by atoms with E-state index in [4.69, 9.17) is 20.4 Å². The van der Waals surface area contributed by atoms with E-state index < -0.39 is 0 Å². The molecule has 0 heterocycles. The largest absolute Gasteiger partial charge is 0.396 e. The van der Waals surface area contributed by atoms with Crippen LogP contribution in [0.3, 0.4) is 0 Å². The lowest BCUT2D eigenvalue weighted by Gasteiger charge is -2.54. The van der Waals surface area contributed by atoms with Gasteiger partial charge in [-0.3, -0.25) is 0 Å². The number of aliphatic hydroxyl groups is 4. The first-order chi connectivity index (χ1) is 23.2. The van der Waals surface area contributed by atoms with Gasteiger partial charge in [-0.15, -0.1) is 0 Å². The summed E-state index contributed by atoms with van der Waals surface area (Å²) in [5, 5.41) is 36.6. The van der Waals surface area contributed by atoms with Crippen molar-refractivity contribution in [3.63, 3.8) is 0 Å². The first-order valence-electron chi connectivity index (χ1n) is 21.3. The zero-order valence-electron chi connectivity index (χ0n) is 31.3. The van der Waals surface area contributed by atoms with Crippen molar-refractivity contribution in [2.24, 2.45) is 22.7 Å². The van der Waals surface area contributed by atoms with Gasteiger partial charge in [0.15, 0.2) is 0 Å². The lowest BCUT2D eigenvalue weighted by molar-refractivity contribution is -0.0229. The first kappa shape index (κ1) is 42.7. The van der Waals surface area contributed by atoms with Gasteiger partial charge in [0, 0.05) is 26.4 Å². The quantitative estimate of drug-likeness (QED) is 0.0397. The second-order valence-corrected chi connectivity index (χ2v) is 15.9. The van der Waals surface area contributed by atoms with E-state index in [2.05, 4.69) is 12.2 Å². The predicted molar refractivity (Wildman–Crippen MR) is 202 cm³/mol. The summed E-state index contributed by atoms with van der Waals surface area (Å²) in [6.45, 7) is 1.38. The molecule has 0 aromatic carbocycles. The molecular formula is C43H82O4.